The lowest BCUT2D eigenvalue weighted by Crippen LogP contribution is -2.31. The molecule has 0 saturated heterocycles. The summed E-state index contributed by atoms with van der Waals surface area (Å²) in [7, 11) is 0. The van der Waals surface area contributed by atoms with E-state index in [-0.39, 0.29) is 0 Å². The number of rotatable bonds is 7. The second-order valence-corrected chi connectivity index (χ2v) is 4.11. The van der Waals surface area contributed by atoms with Crippen LogP contribution in [-0.4, -0.2) is 37.9 Å². The molecule has 2 aromatic rings. The average Bonchev–Trinajstić information content (AvgIpc) is 3.04. The monoisotopic (exact) mass is 250 g/mol. The van der Waals surface area contributed by atoms with Crippen molar-refractivity contribution in [3.63, 3.8) is 0 Å². The first kappa shape index (κ1) is 12.7. The van der Waals surface area contributed by atoms with Gasteiger partial charge < -0.3 is 9.84 Å². The highest BCUT2D eigenvalue weighted by Gasteiger charge is 2.14. The Balaban J connectivity index is 1.97. The van der Waals surface area contributed by atoms with Crippen molar-refractivity contribution in [3.05, 3.63) is 12.2 Å². The lowest BCUT2D eigenvalue weighted by molar-refractivity contribution is 0.354. The molecule has 7 nitrogen and oxygen atoms in total. The largest absolute Gasteiger partial charge is 0.339 e. The van der Waals surface area contributed by atoms with Gasteiger partial charge >= 0.3 is 0 Å². The Morgan fingerprint density at radius 1 is 1.44 bits per heavy atom. The van der Waals surface area contributed by atoms with Crippen LogP contribution < -0.4 is 5.32 Å². The van der Waals surface area contributed by atoms with Crippen molar-refractivity contribution in [2.24, 2.45) is 0 Å². The molecule has 2 aromatic heterocycles. The highest BCUT2D eigenvalue weighted by molar-refractivity contribution is 5.39. The molecule has 0 saturated carbocycles. The Hall–Kier alpha value is -1.76. The van der Waals surface area contributed by atoms with Crippen molar-refractivity contribution < 1.29 is 4.52 Å². The molecule has 98 valence electrons. The zero-order valence-corrected chi connectivity index (χ0v) is 10.7. The fraction of sp³-hybridized carbons (Fsp3) is 0.636. The third-order valence-corrected chi connectivity index (χ3v) is 2.69. The third-order valence-electron chi connectivity index (χ3n) is 2.69. The summed E-state index contributed by atoms with van der Waals surface area (Å²) >= 11 is 0. The maximum atomic E-state index is 5.21. The molecule has 0 radical (unpaired) electrons. The SMILES string of the molecule is CCCNC(CC)Cc1nc(-c2ncn[nH]2)no1. The number of hydrogen-bond acceptors (Lipinski definition) is 6. The Bertz CT molecular complexity index is 452. The van der Waals surface area contributed by atoms with Gasteiger partial charge in [0.25, 0.3) is 0 Å². The van der Waals surface area contributed by atoms with Gasteiger partial charge in [-0.1, -0.05) is 19.0 Å². The molecule has 0 aliphatic carbocycles. The van der Waals surface area contributed by atoms with Crippen LogP contribution in [0.15, 0.2) is 10.9 Å². The molecular weight excluding hydrogens is 232 g/mol. The van der Waals surface area contributed by atoms with E-state index in [4.69, 9.17) is 4.52 Å². The number of H-pyrrole nitrogens is 1. The van der Waals surface area contributed by atoms with Crippen LogP contribution in [0.5, 0.6) is 0 Å². The molecule has 1 atom stereocenters. The minimum Gasteiger partial charge on any atom is -0.339 e. The second kappa shape index (κ2) is 6.25. The van der Waals surface area contributed by atoms with Gasteiger partial charge in [0.2, 0.25) is 11.7 Å². The maximum absolute atomic E-state index is 5.21. The van der Waals surface area contributed by atoms with E-state index in [1.165, 1.54) is 6.33 Å². The number of nitrogens with zero attached hydrogens (tertiary/aromatic N) is 4. The quantitative estimate of drug-likeness (QED) is 0.766. The molecule has 0 aromatic carbocycles. The van der Waals surface area contributed by atoms with Crippen LogP contribution >= 0.6 is 0 Å². The van der Waals surface area contributed by atoms with E-state index in [9.17, 15) is 0 Å². The van der Waals surface area contributed by atoms with E-state index in [0.717, 1.165) is 25.8 Å². The number of nitrogens with one attached hydrogen (secondary N) is 2. The smallest absolute Gasteiger partial charge is 0.239 e. The second-order valence-electron chi connectivity index (χ2n) is 4.11. The van der Waals surface area contributed by atoms with E-state index in [1.54, 1.807) is 0 Å². The van der Waals surface area contributed by atoms with Crippen molar-refractivity contribution in [2.75, 3.05) is 6.54 Å². The van der Waals surface area contributed by atoms with Crippen molar-refractivity contribution in [2.45, 2.75) is 39.2 Å². The van der Waals surface area contributed by atoms with Crippen LogP contribution in [0, 0.1) is 0 Å². The fourth-order valence-corrected chi connectivity index (χ4v) is 1.67. The molecule has 0 aliphatic rings. The lowest BCUT2D eigenvalue weighted by atomic mass is 10.1. The minimum absolute atomic E-state index is 0.368. The molecule has 0 amide bonds. The first-order chi connectivity index (χ1) is 8.83. The Morgan fingerprint density at radius 2 is 2.33 bits per heavy atom. The molecule has 0 bridgehead atoms. The van der Waals surface area contributed by atoms with Crippen LogP contribution in [0.25, 0.3) is 11.6 Å². The highest BCUT2D eigenvalue weighted by atomic mass is 16.5. The molecule has 2 N–H and O–H groups in total. The summed E-state index contributed by atoms with van der Waals surface area (Å²) in [6, 6.07) is 0.368. The zero-order chi connectivity index (χ0) is 12.8. The van der Waals surface area contributed by atoms with Crippen molar-refractivity contribution in [1.82, 2.24) is 30.6 Å². The van der Waals surface area contributed by atoms with Crippen molar-refractivity contribution in [3.8, 4) is 11.6 Å². The summed E-state index contributed by atoms with van der Waals surface area (Å²) in [5.74, 6) is 1.60. The Labute approximate surface area is 105 Å². The summed E-state index contributed by atoms with van der Waals surface area (Å²) in [5.41, 5.74) is 0. The minimum atomic E-state index is 0.368. The van der Waals surface area contributed by atoms with Gasteiger partial charge in [0.1, 0.15) is 6.33 Å². The standard InChI is InChI=1S/C11H18N6O/c1-3-5-12-8(4-2)6-9-15-11(17-18-9)10-13-7-14-16-10/h7-8,12H,3-6H2,1-2H3,(H,13,14,16). The van der Waals surface area contributed by atoms with E-state index < -0.39 is 0 Å². The summed E-state index contributed by atoms with van der Waals surface area (Å²) in [6.45, 7) is 5.29. The molecule has 18 heavy (non-hydrogen) atoms. The number of aromatic amines is 1. The molecule has 0 aliphatic heterocycles. The maximum Gasteiger partial charge on any atom is 0.239 e. The molecule has 1 unspecified atom stereocenters. The van der Waals surface area contributed by atoms with Crippen LogP contribution in [0.1, 0.15) is 32.6 Å². The number of aromatic nitrogens is 5. The molecule has 2 rings (SSSR count). The molecule has 7 heteroatoms. The first-order valence-corrected chi connectivity index (χ1v) is 6.25. The first-order valence-electron chi connectivity index (χ1n) is 6.25. The lowest BCUT2D eigenvalue weighted by Gasteiger charge is -2.13. The van der Waals surface area contributed by atoms with Crippen molar-refractivity contribution in [1.29, 1.82) is 0 Å². The van der Waals surface area contributed by atoms with Gasteiger partial charge in [-0.2, -0.15) is 10.1 Å². The molecule has 0 fully saturated rings. The number of hydrogen-bond donors (Lipinski definition) is 2. The van der Waals surface area contributed by atoms with Crippen molar-refractivity contribution >= 4 is 0 Å². The van der Waals surface area contributed by atoms with Gasteiger partial charge in [-0.05, 0) is 19.4 Å². The summed E-state index contributed by atoms with van der Waals surface area (Å²) < 4.78 is 5.21. The normalized spacial score (nSPS) is 12.8. The summed E-state index contributed by atoms with van der Waals surface area (Å²) in [4.78, 5) is 8.28. The predicted octanol–water partition coefficient (Wildman–Crippen LogP) is 1.18. The topological polar surface area (TPSA) is 92.5 Å². The van der Waals surface area contributed by atoms with Gasteiger partial charge in [0.05, 0.1) is 0 Å². The van der Waals surface area contributed by atoms with Gasteiger partial charge in [-0.25, -0.2) is 4.98 Å². The third kappa shape index (κ3) is 3.13. The Kier molecular flexibility index (Phi) is 4.40. The molecule has 2 heterocycles. The van der Waals surface area contributed by atoms with Crippen LogP contribution in [0.4, 0.5) is 0 Å². The van der Waals surface area contributed by atoms with E-state index in [0.29, 0.717) is 23.6 Å². The molecular formula is C11H18N6O. The Morgan fingerprint density at radius 3 is 3.00 bits per heavy atom. The summed E-state index contributed by atoms with van der Waals surface area (Å²) in [5, 5.41) is 13.8. The fourth-order valence-electron chi connectivity index (χ4n) is 1.67. The molecule has 0 spiro atoms. The van der Waals surface area contributed by atoms with Gasteiger partial charge in [-0.15, -0.1) is 0 Å². The highest BCUT2D eigenvalue weighted by Crippen LogP contribution is 2.10. The predicted molar refractivity (Wildman–Crippen MR) is 65.8 cm³/mol. The van der Waals surface area contributed by atoms with Gasteiger partial charge in [0.15, 0.2) is 5.82 Å². The summed E-state index contributed by atoms with van der Waals surface area (Å²) in [6.07, 6.45) is 4.30. The van der Waals surface area contributed by atoms with E-state index in [2.05, 4.69) is 44.5 Å². The van der Waals surface area contributed by atoms with E-state index in [1.807, 2.05) is 0 Å². The zero-order valence-electron chi connectivity index (χ0n) is 10.7. The van der Waals surface area contributed by atoms with Crippen LogP contribution in [-0.2, 0) is 6.42 Å². The average molecular weight is 250 g/mol. The van der Waals surface area contributed by atoms with Crippen LogP contribution in [0.2, 0.25) is 0 Å². The van der Waals surface area contributed by atoms with Gasteiger partial charge in [0, 0.05) is 12.5 Å². The van der Waals surface area contributed by atoms with Gasteiger partial charge in [-0.3, -0.25) is 5.10 Å². The van der Waals surface area contributed by atoms with Crippen LogP contribution in [0.3, 0.4) is 0 Å². The van der Waals surface area contributed by atoms with E-state index >= 15 is 0 Å².